The third-order valence-corrected chi connectivity index (χ3v) is 3.72. The van der Waals surface area contributed by atoms with Gasteiger partial charge in [0, 0.05) is 24.8 Å². The number of esters is 1. The van der Waals surface area contributed by atoms with E-state index in [0.717, 1.165) is 24.8 Å². The second-order valence-corrected chi connectivity index (χ2v) is 5.46. The Balaban J connectivity index is 1.67. The van der Waals surface area contributed by atoms with Crippen LogP contribution in [-0.4, -0.2) is 23.4 Å². The third kappa shape index (κ3) is 3.78. The molecule has 0 atom stereocenters. The molecule has 0 saturated carbocycles. The van der Waals surface area contributed by atoms with E-state index in [1.165, 1.54) is 12.1 Å². The van der Waals surface area contributed by atoms with Gasteiger partial charge in [0.05, 0.1) is 5.56 Å². The lowest BCUT2D eigenvalue weighted by molar-refractivity contribution is -0.141. The van der Waals surface area contributed by atoms with Crippen LogP contribution in [0.1, 0.15) is 28.9 Å². The molecule has 3 rings (SSSR count). The van der Waals surface area contributed by atoms with E-state index < -0.39 is 17.8 Å². The van der Waals surface area contributed by atoms with Crippen LogP contribution in [0.4, 0.5) is 18.9 Å². The van der Waals surface area contributed by atoms with E-state index in [2.05, 4.69) is 4.98 Å². The van der Waals surface area contributed by atoms with Crippen molar-refractivity contribution in [2.75, 3.05) is 11.4 Å². The number of alkyl halides is 3. The van der Waals surface area contributed by atoms with Gasteiger partial charge in [-0.1, -0.05) is 0 Å². The zero-order valence-electron chi connectivity index (χ0n) is 12.9. The van der Waals surface area contributed by atoms with E-state index in [-0.39, 0.29) is 17.2 Å². The summed E-state index contributed by atoms with van der Waals surface area (Å²) in [5.41, 5.74) is -0.464. The summed E-state index contributed by atoms with van der Waals surface area (Å²) in [7, 11) is 0. The van der Waals surface area contributed by atoms with E-state index >= 15 is 0 Å². The Morgan fingerprint density at radius 2 is 1.84 bits per heavy atom. The average molecular weight is 350 g/mol. The number of halogens is 3. The number of benzene rings is 1. The number of amides is 1. The molecule has 0 N–H and O–H groups in total. The molecule has 1 aromatic carbocycles. The molecule has 0 radical (unpaired) electrons. The van der Waals surface area contributed by atoms with Crippen molar-refractivity contribution >= 4 is 17.6 Å². The van der Waals surface area contributed by atoms with E-state index in [0.29, 0.717) is 18.7 Å². The predicted molar refractivity (Wildman–Crippen MR) is 82.2 cm³/mol. The van der Waals surface area contributed by atoms with Crippen molar-refractivity contribution in [2.24, 2.45) is 0 Å². The molecular formula is C17H13F3N2O3. The lowest BCUT2D eigenvalue weighted by atomic mass is 10.2. The van der Waals surface area contributed by atoms with Crippen LogP contribution in [0.25, 0.3) is 0 Å². The number of aromatic nitrogens is 1. The van der Waals surface area contributed by atoms with Crippen molar-refractivity contribution in [3.05, 3.63) is 53.9 Å². The first-order chi connectivity index (χ1) is 11.8. The van der Waals surface area contributed by atoms with E-state index in [1.807, 2.05) is 0 Å². The summed E-state index contributed by atoms with van der Waals surface area (Å²) in [4.78, 5) is 28.5. The van der Waals surface area contributed by atoms with Gasteiger partial charge in [-0.25, -0.2) is 4.79 Å². The van der Waals surface area contributed by atoms with Crippen LogP contribution < -0.4 is 9.64 Å². The summed E-state index contributed by atoms with van der Waals surface area (Å²) in [6, 6.07) is 8.08. The lowest BCUT2D eigenvalue weighted by Gasteiger charge is -2.15. The van der Waals surface area contributed by atoms with Crippen LogP contribution in [0, 0.1) is 0 Å². The molecule has 8 heteroatoms. The minimum atomic E-state index is -4.56. The molecule has 1 fully saturated rings. The van der Waals surface area contributed by atoms with Gasteiger partial charge in [-0.3, -0.25) is 9.78 Å². The number of anilines is 1. The van der Waals surface area contributed by atoms with Gasteiger partial charge in [-0.2, -0.15) is 13.2 Å². The topological polar surface area (TPSA) is 59.5 Å². The fourth-order valence-electron chi connectivity index (χ4n) is 2.46. The molecule has 25 heavy (non-hydrogen) atoms. The van der Waals surface area contributed by atoms with Crippen molar-refractivity contribution in [1.29, 1.82) is 0 Å². The summed E-state index contributed by atoms with van der Waals surface area (Å²) < 4.78 is 42.5. The average Bonchev–Trinajstić information content (AvgIpc) is 3.01. The van der Waals surface area contributed by atoms with E-state index in [9.17, 15) is 22.8 Å². The van der Waals surface area contributed by atoms with Crippen molar-refractivity contribution in [2.45, 2.75) is 19.0 Å². The molecule has 0 aliphatic carbocycles. The van der Waals surface area contributed by atoms with Gasteiger partial charge in [0.15, 0.2) is 0 Å². The Morgan fingerprint density at radius 1 is 1.12 bits per heavy atom. The molecule has 1 saturated heterocycles. The van der Waals surface area contributed by atoms with Crippen LogP contribution in [-0.2, 0) is 11.0 Å². The number of carbonyl (C=O) groups excluding carboxylic acids is 2. The highest BCUT2D eigenvalue weighted by atomic mass is 19.4. The molecule has 1 aromatic heterocycles. The number of pyridine rings is 1. The number of ether oxygens (including phenoxy) is 1. The molecular weight excluding hydrogens is 337 g/mol. The standard InChI is InChI=1S/C17H13F3N2O3/c18-17(19,20)14-8-3-11(10-21-14)16(24)25-13-6-4-12(5-7-13)22-9-1-2-15(22)23/h3-8,10H,1-2,9H2. The smallest absolute Gasteiger partial charge is 0.423 e. The number of hydrogen-bond acceptors (Lipinski definition) is 4. The minimum absolute atomic E-state index is 0.0422. The Labute approximate surface area is 141 Å². The highest BCUT2D eigenvalue weighted by molar-refractivity contribution is 5.95. The monoisotopic (exact) mass is 350 g/mol. The van der Waals surface area contributed by atoms with Gasteiger partial charge in [0.1, 0.15) is 11.4 Å². The van der Waals surface area contributed by atoms with Crippen molar-refractivity contribution < 1.29 is 27.5 Å². The summed E-state index contributed by atoms with van der Waals surface area (Å²) in [5.74, 6) is -0.549. The summed E-state index contributed by atoms with van der Waals surface area (Å²) >= 11 is 0. The maximum Gasteiger partial charge on any atom is 0.433 e. The van der Waals surface area contributed by atoms with Crippen molar-refractivity contribution in [1.82, 2.24) is 4.98 Å². The molecule has 130 valence electrons. The van der Waals surface area contributed by atoms with Gasteiger partial charge in [-0.15, -0.1) is 0 Å². The molecule has 1 aliphatic rings. The number of nitrogens with zero attached hydrogens (tertiary/aromatic N) is 2. The van der Waals surface area contributed by atoms with Crippen LogP contribution in [0.5, 0.6) is 5.75 Å². The highest BCUT2D eigenvalue weighted by Crippen LogP contribution is 2.27. The SMILES string of the molecule is O=C(Oc1ccc(N2CCCC2=O)cc1)c1ccc(C(F)(F)F)nc1. The molecule has 5 nitrogen and oxygen atoms in total. The van der Waals surface area contributed by atoms with Crippen LogP contribution in [0.3, 0.4) is 0 Å². The Kier molecular flexibility index (Phi) is 4.43. The first-order valence-electron chi connectivity index (χ1n) is 7.50. The molecule has 1 amide bonds. The normalized spacial score (nSPS) is 14.7. The molecule has 0 bridgehead atoms. The fraction of sp³-hybridized carbons (Fsp3) is 0.235. The second-order valence-electron chi connectivity index (χ2n) is 5.46. The highest BCUT2D eigenvalue weighted by Gasteiger charge is 2.32. The van der Waals surface area contributed by atoms with Crippen LogP contribution >= 0.6 is 0 Å². The Bertz CT molecular complexity index is 786. The number of hydrogen-bond donors (Lipinski definition) is 0. The van der Waals surface area contributed by atoms with E-state index in [1.54, 1.807) is 17.0 Å². The van der Waals surface area contributed by atoms with Crippen molar-refractivity contribution in [3.63, 3.8) is 0 Å². The lowest BCUT2D eigenvalue weighted by Crippen LogP contribution is -2.23. The Hall–Kier alpha value is -2.90. The van der Waals surface area contributed by atoms with E-state index in [4.69, 9.17) is 4.74 Å². The Morgan fingerprint density at radius 3 is 2.36 bits per heavy atom. The predicted octanol–water partition coefficient (Wildman–Crippen LogP) is 3.45. The van der Waals surface area contributed by atoms with Gasteiger partial charge in [0.2, 0.25) is 5.91 Å². The molecule has 2 aromatic rings. The number of rotatable bonds is 3. The van der Waals surface area contributed by atoms with Crippen LogP contribution in [0.15, 0.2) is 42.6 Å². The third-order valence-electron chi connectivity index (χ3n) is 3.72. The summed E-state index contributed by atoms with van der Waals surface area (Å²) in [6.45, 7) is 0.648. The maximum atomic E-state index is 12.5. The first kappa shape index (κ1) is 16.9. The maximum absolute atomic E-state index is 12.5. The molecule has 0 unspecified atom stereocenters. The fourth-order valence-corrected chi connectivity index (χ4v) is 2.46. The van der Waals surface area contributed by atoms with Gasteiger partial charge < -0.3 is 9.64 Å². The number of carbonyl (C=O) groups is 2. The van der Waals surface area contributed by atoms with Crippen molar-refractivity contribution in [3.8, 4) is 5.75 Å². The van der Waals surface area contributed by atoms with Gasteiger partial charge >= 0.3 is 12.1 Å². The molecule has 2 heterocycles. The largest absolute Gasteiger partial charge is 0.433 e. The molecule has 0 spiro atoms. The zero-order valence-corrected chi connectivity index (χ0v) is 12.9. The summed E-state index contributed by atoms with van der Waals surface area (Å²) in [5, 5.41) is 0. The summed E-state index contributed by atoms with van der Waals surface area (Å²) in [6.07, 6.45) is -2.43. The van der Waals surface area contributed by atoms with Gasteiger partial charge in [-0.05, 0) is 42.8 Å². The van der Waals surface area contributed by atoms with Gasteiger partial charge in [0.25, 0.3) is 0 Å². The quantitative estimate of drug-likeness (QED) is 0.628. The van der Waals surface area contributed by atoms with Crippen LogP contribution in [0.2, 0.25) is 0 Å². The minimum Gasteiger partial charge on any atom is -0.423 e. The first-order valence-corrected chi connectivity index (χ1v) is 7.50. The zero-order chi connectivity index (χ0) is 18.0. The second kappa shape index (κ2) is 6.54. The molecule has 1 aliphatic heterocycles.